The average molecular weight is 145 g/mol. The van der Waals surface area contributed by atoms with Crippen LogP contribution in [0.15, 0.2) is 0 Å². The van der Waals surface area contributed by atoms with Crippen LogP contribution in [-0.4, -0.2) is 25.8 Å². The van der Waals surface area contributed by atoms with E-state index in [1.807, 2.05) is 0 Å². The molecule has 0 aliphatic heterocycles. The van der Waals surface area contributed by atoms with Gasteiger partial charge >= 0.3 is 0 Å². The monoisotopic (exact) mass is 145 g/mol. The fourth-order valence-corrected chi connectivity index (χ4v) is 0.627. The highest BCUT2D eigenvalue weighted by Gasteiger charge is 1.95. The highest BCUT2D eigenvalue weighted by atomic mass is 16.5. The Kier molecular flexibility index (Phi) is 6.98. The standard InChI is InChI=1S/C8H19NO/c1-4-8(3)10-7-6-9-5-2/h8-9H,4-7H2,1-3H3. The van der Waals surface area contributed by atoms with Gasteiger partial charge in [0.25, 0.3) is 0 Å². The molecule has 1 atom stereocenters. The molecule has 0 aromatic carbocycles. The summed E-state index contributed by atoms with van der Waals surface area (Å²) < 4.78 is 5.43. The number of likely N-dealkylation sites (N-methyl/N-ethyl adjacent to an activating group) is 1. The lowest BCUT2D eigenvalue weighted by atomic mass is 10.3. The maximum atomic E-state index is 5.43. The minimum absolute atomic E-state index is 0.415. The van der Waals surface area contributed by atoms with Gasteiger partial charge in [0.1, 0.15) is 0 Å². The molecule has 0 bridgehead atoms. The van der Waals surface area contributed by atoms with Crippen molar-refractivity contribution in [3.63, 3.8) is 0 Å². The van der Waals surface area contributed by atoms with Crippen molar-refractivity contribution in [2.45, 2.75) is 33.3 Å². The molecule has 0 saturated carbocycles. The summed E-state index contributed by atoms with van der Waals surface area (Å²) in [4.78, 5) is 0. The van der Waals surface area contributed by atoms with Crippen molar-refractivity contribution >= 4 is 0 Å². The molecule has 0 fully saturated rings. The van der Waals surface area contributed by atoms with E-state index in [1.165, 1.54) is 0 Å². The number of hydrogen-bond donors (Lipinski definition) is 1. The minimum Gasteiger partial charge on any atom is -0.377 e. The summed E-state index contributed by atoms with van der Waals surface area (Å²) in [7, 11) is 0. The van der Waals surface area contributed by atoms with E-state index in [1.54, 1.807) is 0 Å². The van der Waals surface area contributed by atoms with Crippen LogP contribution in [0.1, 0.15) is 27.2 Å². The second-order valence-electron chi connectivity index (χ2n) is 2.44. The largest absolute Gasteiger partial charge is 0.377 e. The summed E-state index contributed by atoms with van der Waals surface area (Å²) in [6.45, 7) is 9.18. The summed E-state index contributed by atoms with van der Waals surface area (Å²) in [5, 5.41) is 3.20. The molecule has 0 aliphatic rings. The van der Waals surface area contributed by atoms with Crippen molar-refractivity contribution in [2.75, 3.05) is 19.7 Å². The highest BCUT2D eigenvalue weighted by molar-refractivity contribution is 4.46. The summed E-state index contributed by atoms with van der Waals surface area (Å²) in [6.07, 6.45) is 1.52. The molecule has 2 nitrogen and oxygen atoms in total. The molecule has 2 heteroatoms. The van der Waals surface area contributed by atoms with Crippen molar-refractivity contribution < 1.29 is 4.74 Å². The van der Waals surface area contributed by atoms with E-state index < -0.39 is 0 Å². The van der Waals surface area contributed by atoms with Gasteiger partial charge < -0.3 is 10.1 Å². The molecule has 0 amide bonds. The summed E-state index contributed by atoms with van der Waals surface area (Å²) >= 11 is 0. The number of hydrogen-bond acceptors (Lipinski definition) is 2. The molecular formula is C8H19NO. The van der Waals surface area contributed by atoms with Crippen LogP contribution in [0.25, 0.3) is 0 Å². The molecule has 1 unspecified atom stereocenters. The molecule has 0 rings (SSSR count). The first kappa shape index (κ1) is 9.92. The zero-order chi connectivity index (χ0) is 7.82. The minimum atomic E-state index is 0.415. The zero-order valence-corrected chi connectivity index (χ0v) is 7.31. The van der Waals surface area contributed by atoms with E-state index in [2.05, 4.69) is 26.1 Å². The summed E-state index contributed by atoms with van der Waals surface area (Å²) in [5.41, 5.74) is 0. The first-order valence-corrected chi connectivity index (χ1v) is 4.13. The average Bonchev–Trinajstić information content (AvgIpc) is 1.98. The van der Waals surface area contributed by atoms with E-state index in [-0.39, 0.29) is 0 Å². The zero-order valence-electron chi connectivity index (χ0n) is 7.31. The van der Waals surface area contributed by atoms with E-state index >= 15 is 0 Å². The van der Waals surface area contributed by atoms with E-state index in [0.717, 1.165) is 26.1 Å². The quantitative estimate of drug-likeness (QED) is 0.571. The van der Waals surface area contributed by atoms with Crippen LogP contribution in [0.2, 0.25) is 0 Å². The van der Waals surface area contributed by atoms with Gasteiger partial charge in [-0.25, -0.2) is 0 Å². The lowest BCUT2D eigenvalue weighted by Crippen LogP contribution is -2.21. The Morgan fingerprint density at radius 2 is 2.10 bits per heavy atom. The van der Waals surface area contributed by atoms with Crippen LogP contribution in [0.5, 0.6) is 0 Å². The first-order valence-electron chi connectivity index (χ1n) is 4.13. The van der Waals surface area contributed by atoms with Crippen LogP contribution in [0.4, 0.5) is 0 Å². The van der Waals surface area contributed by atoms with Crippen LogP contribution >= 0.6 is 0 Å². The number of rotatable bonds is 6. The molecule has 0 spiro atoms. The SMILES string of the molecule is CCNCCOC(C)CC. The Morgan fingerprint density at radius 3 is 2.60 bits per heavy atom. The fraction of sp³-hybridized carbons (Fsp3) is 1.00. The van der Waals surface area contributed by atoms with E-state index in [0.29, 0.717) is 6.10 Å². The third-order valence-electron chi connectivity index (χ3n) is 1.51. The van der Waals surface area contributed by atoms with Crippen molar-refractivity contribution in [1.29, 1.82) is 0 Å². The van der Waals surface area contributed by atoms with Crippen LogP contribution in [0.3, 0.4) is 0 Å². The third kappa shape index (κ3) is 6.05. The molecule has 0 radical (unpaired) electrons. The Bertz CT molecular complexity index is 66.3. The molecule has 0 saturated heterocycles. The maximum Gasteiger partial charge on any atom is 0.0594 e. The number of nitrogens with one attached hydrogen (secondary N) is 1. The van der Waals surface area contributed by atoms with Crippen molar-refractivity contribution in [3.05, 3.63) is 0 Å². The normalized spacial score (nSPS) is 13.5. The Balaban J connectivity index is 2.89. The molecule has 1 N–H and O–H groups in total. The van der Waals surface area contributed by atoms with Gasteiger partial charge in [-0.05, 0) is 19.9 Å². The Morgan fingerprint density at radius 1 is 1.40 bits per heavy atom. The predicted molar refractivity (Wildman–Crippen MR) is 44.2 cm³/mol. The summed E-state index contributed by atoms with van der Waals surface area (Å²) in [5.74, 6) is 0. The lowest BCUT2D eigenvalue weighted by molar-refractivity contribution is 0.0659. The molecular weight excluding hydrogens is 126 g/mol. The Labute approximate surface area is 64.0 Å². The highest BCUT2D eigenvalue weighted by Crippen LogP contribution is 1.93. The predicted octanol–water partition coefficient (Wildman–Crippen LogP) is 1.41. The van der Waals surface area contributed by atoms with E-state index in [9.17, 15) is 0 Å². The lowest BCUT2D eigenvalue weighted by Gasteiger charge is -2.09. The van der Waals surface area contributed by atoms with Gasteiger partial charge in [-0.3, -0.25) is 0 Å². The fourth-order valence-electron chi connectivity index (χ4n) is 0.627. The molecule has 62 valence electrons. The van der Waals surface area contributed by atoms with Gasteiger partial charge in [0.05, 0.1) is 12.7 Å². The topological polar surface area (TPSA) is 21.3 Å². The number of ether oxygens (including phenoxy) is 1. The maximum absolute atomic E-state index is 5.43. The molecule has 0 aromatic heterocycles. The summed E-state index contributed by atoms with van der Waals surface area (Å²) in [6, 6.07) is 0. The smallest absolute Gasteiger partial charge is 0.0594 e. The van der Waals surface area contributed by atoms with Crippen LogP contribution in [-0.2, 0) is 4.74 Å². The van der Waals surface area contributed by atoms with Gasteiger partial charge in [0.15, 0.2) is 0 Å². The van der Waals surface area contributed by atoms with Crippen molar-refractivity contribution in [3.8, 4) is 0 Å². The molecule has 0 aliphatic carbocycles. The molecule has 0 aromatic rings. The van der Waals surface area contributed by atoms with Gasteiger partial charge in [-0.15, -0.1) is 0 Å². The van der Waals surface area contributed by atoms with Crippen LogP contribution < -0.4 is 5.32 Å². The van der Waals surface area contributed by atoms with Gasteiger partial charge in [-0.2, -0.15) is 0 Å². The van der Waals surface area contributed by atoms with Gasteiger partial charge in [-0.1, -0.05) is 13.8 Å². The first-order chi connectivity index (χ1) is 4.81. The second-order valence-corrected chi connectivity index (χ2v) is 2.44. The van der Waals surface area contributed by atoms with Crippen LogP contribution in [0, 0.1) is 0 Å². The van der Waals surface area contributed by atoms with Gasteiger partial charge in [0, 0.05) is 6.54 Å². The van der Waals surface area contributed by atoms with E-state index in [4.69, 9.17) is 4.74 Å². The second kappa shape index (κ2) is 7.03. The Hall–Kier alpha value is -0.0800. The van der Waals surface area contributed by atoms with Crippen molar-refractivity contribution in [1.82, 2.24) is 5.32 Å². The molecule has 10 heavy (non-hydrogen) atoms. The third-order valence-corrected chi connectivity index (χ3v) is 1.51. The van der Waals surface area contributed by atoms with Crippen molar-refractivity contribution in [2.24, 2.45) is 0 Å². The molecule has 0 heterocycles. The van der Waals surface area contributed by atoms with Gasteiger partial charge in [0.2, 0.25) is 0 Å².